The molecule has 1 aliphatic heterocycles. The molecule has 2 heterocycles. The summed E-state index contributed by atoms with van der Waals surface area (Å²) in [6, 6.07) is 0. The van der Waals surface area contributed by atoms with Crippen LogP contribution in [0, 0.1) is 5.92 Å². The molecule has 1 aliphatic rings. The summed E-state index contributed by atoms with van der Waals surface area (Å²) < 4.78 is 0. The van der Waals surface area contributed by atoms with Gasteiger partial charge < -0.3 is 10.0 Å². The number of carboxylic acids is 1. The van der Waals surface area contributed by atoms with E-state index in [-0.39, 0.29) is 5.92 Å². The lowest BCUT2D eigenvalue weighted by molar-refractivity contribution is -0.140. The van der Waals surface area contributed by atoms with Crippen molar-refractivity contribution in [2.24, 2.45) is 5.92 Å². The normalized spacial score (nSPS) is 21.1. The third-order valence-corrected chi connectivity index (χ3v) is 2.41. The number of carboxylic acid groups (broad SMARTS) is 1. The molecule has 74 valence electrons. The highest BCUT2D eigenvalue weighted by atomic mass is 16.4. The maximum Gasteiger partial charge on any atom is 0.308 e. The number of rotatable bonds is 2. The van der Waals surface area contributed by atoms with Crippen LogP contribution in [-0.4, -0.2) is 34.1 Å². The van der Waals surface area contributed by atoms with Crippen LogP contribution < -0.4 is 4.90 Å². The molecule has 0 saturated carbocycles. The second-order valence-electron chi connectivity index (χ2n) is 3.33. The third kappa shape index (κ3) is 1.66. The molecule has 1 fully saturated rings. The molecule has 0 aromatic carbocycles. The van der Waals surface area contributed by atoms with Crippen LogP contribution in [0.25, 0.3) is 0 Å². The zero-order chi connectivity index (χ0) is 9.97. The maximum atomic E-state index is 10.7. The van der Waals surface area contributed by atoms with Gasteiger partial charge in [0.15, 0.2) is 0 Å². The van der Waals surface area contributed by atoms with E-state index >= 15 is 0 Å². The fourth-order valence-electron chi connectivity index (χ4n) is 1.62. The summed E-state index contributed by atoms with van der Waals surface area (Å²) in [6.45, 7) is 1.28. The quantitative estimate of drug-likeness (QED) is 0.735. The summed E-state index contributed by atoms with van der Waals surface area (Å²) in [6.07, 6.45) is 5.56. The van der Waals surface area contributed by atoms with E-state index in [0.717, 1.165) is 12.4 Å². The van der Waals surface area contributed by atoms with E-state index in [2.05, 4.69) is 9.97 Å². The molecule has 0 aliphatic carbocycles. The topological polar surface area (TPSA) is 66.3 Å². The van der Waals surface area contributed by atoms with Crippen molar-refractivity contribution in [3.05, 3.63) is 18.6 Å². The molecule has 14 heavy (non-hydrogen) atoms. The second-order valence-corrected chi connectivity index (χ2v) is 3.33. The number of aliphatic carboxylic acids is 1. The fourth-order valence-corrected chi connectivity index (χ4v) is 1.62. The number of carbonyl (C=O) groups is 1. The van der Waals surface area contributed by atoms with Gasteiger partial charge in [-0.15, -0.1) is 0 Å². The van der Waals surface area contributed by atoms with Gasteiger partial charge in [-0.1, -0.05) is 0 Å². The number of aromatic nitrogens is 2. The van der Waals surface area contributed by atoms with Crippen molar-refractivity contribution in [1.82, 2.24) is 9.97 Å². The van der Waals surface area contributed by atoms with E-state index in [9.17, 15) is 4.79 Å². The van der Waals surface area contributed by atoms with Gasteiger partial charge in [-0.2, -0.15) is 0 Å². The van der Waals surface area contributed by atoms with Crippen LogP contribution in [0.1, 0.15) is 6.42 Å². The van der Waals surface area contributed by atoms with Gasteiger partial charge in [0.05, 0.1) is 12.1 Å². The van der Waals surface area contributed by atoms with E-state index in [4.69, 9.17) is 5.11 Å². The van der Waals surface area contributed by atoms with E-state index < -0.39 is 5.97 Å². The van der Waals surface area contributed by atoms with E-state index in [1.807, 2.05) is 4.90 Å². The first-order valence-electron chi connectivity index (χ1n) is 4.51. The summed E-state index contributed by atoms with van der Waals surface area (Å²) in [5, 5.41) is 8.82. The Bertz CT molecular complexity index is 328. The van der Waals surface area contributed by atoms with Crippen molar-refractivity contribution in [2.45, 2.75) is 6.42 Å². The molecule has 1 saturated heterocycles. The highest BCUT2D eigenvalue weighted by Gasteiger charge is 2.28. The van der Waals surface area contributed by atoms with E-state index in [1.165, 1.54) is 0 Å². The standard InChI is InChI=1S/C9H11N3O2/c13-9(14)7-1-4-12(6-7)8-5-10-2-3-11-8/h2-3,5,7H,1,4,6H2,(H,13,14). The highest BCUT2D eigenvalue weighted by molar-refractivity contribution is 5.71. The first kappa shape index (κ1) is 8.93. The van der Waals surface area contributed by atoms with Gasteiger partial charge in [-0.25, -0.2) is 4.98 Å². The van der Waals surface area contributed by atoms with Crippen molar-refractivity contribution < 1.29 is 9.90 Å². The van der Waals surface area contributed by atoms with Crippen molar-refractivity contribution >= 4 is 11.8 Å². The Morgan fingerprint density at radius 3 is 3.00 bits per heavy atom. The maximum absolute atomic E-state index is 10.7. The molecule has 5 nitrogen and oxygen atoms in total. The molecule has 1 atom stereocenters. The molecule has 2 rings (SSSR count). The smallest absolute Gasteiger partial charge is 0.308 e. The molecule has 0 radical (unpaired) electrons. The summed E-state index contributed by atoms with van der Waals surface area (Å²) in [7, 11) is 0. The van der Waals surface area contributed by atoms with Gasteiger partial charge in [0.2, 0.25) is 0 Å². The SMILES string of the molecule is O=C(O)C1CCN(c2cnccn2)C1. The zero-order valence-corrected chi connectivity index (χ0v) is 7.63. The summed E-state index contributed by atoms with van der Waals surface area (Å²) in [5.74, 6) is -0.232. The van der Waals surface area contributed by atoms with E-state index in [0.29, 0.717) is 13.0 Å². The first-order chi connectivity index (χ1) is 6.77. The lowest BCUT2D eigenvalue weighted by Gasteiger charge is -2.15. The van der Waals surface area contributed by atoms with Crippen LogP contribution in [0.15, 0.2) is 18.6 Å². The van der Waals surface area contributed by atoms with Gasteiger partial charge in [-0.3, -0.25) is 9.78 Å². The molecule has 0 bridgehead atoms. The van der Waals surface area contributed by atoms with Crippen LogP contribution >= 0.6 is 0 Å². The Morgan fingerprint density at radius 1 is 1.57 bits per heavy atom. The Balaban J connectivity index is 2.06. The predicted molar refractivity (Wildman–Crippen MR) is 50.0 cm³/mol. The zero-order valence-electron chi connectivity index (χ0n) is 7.63. The summed E-state index contributed by atoms with van der Waals surface area (Å²) in [4.78, 5) is 20.7. The monoisotopic (exact) mass is 193 g/mol. The largest absolute Gasteiger partial charge is 0.481 e. The highest BCUT2D eigenvalue weighted by Crippen LogP contribution is 2.20. The molecule has 5 heteroatoms. The van der Waals surface area contributed by atoms with Gasteiger partial charge in [0, 0.05) is 25.5 Å². The van der Waals surface area contributed by atoms with Gasteiger partial charge in [0.1, 0.15) is 5.82 Å². The second kappa shape index (κ2) is 3.61. The molecule has 0 amide bonds. The molecular weight excluding hydrogens is 182 g/mol. The Kier molecular flexibility index (Phi) is 2.30. The molecular formula is C9H11N3O2. The Labute approximate surface area is 81.4 Å². The van der Waals surface area contributed by atoms with Crippen LogP contribution in [0.4, 0.5) is 5.82 Å². The predicted octanol–water partition coefficient (Wildman–Crippen LogP) is 0.387. The number of nitrogens with zero attached hydrogens (tertiary/aromatic N) is 3. The molecule has 1 aromatic rings. The van der Waals surface area contributed by atoms with Gasteiger partial charge in [0.25, 0.3) is 0 Å². The summed E-state index contributed by atoms with van der Waals surface area (Å²) in [5.41, 5.74) is 0. The number of hydrogen-bond acceptors (Lipinski definition) is 4. The minimum absolute atomic E-state index is 0.267. The average molecular weight is 193 g/mol. The Morgan fingerprint density at radius 2 is 2.43 bits per heavy atom. The Hall–Kier alpha value is -1.65. The van der Waals surface area contributed by atoms with Gasteiger partial charge in [-0.05, 0) is 6.42 Å². The van der Waals surface area contributed by atoms with Crippen LogP contribution in [-0.2, 0) is 4.79 Å². The van der Waals surface area contributed by atoms with Crippen molar-refractivity contribution in [1.29, 1.82) is 0 Å². The lowest BCUT2D eigenvalue weighted by atomic mass is 10.1. The average Bonchev–Trinajstić information content (AvgIpc) is 2.68. The first-order valence-corrected chi connectivity index (χ1v) is 4.51. The molecule has 0 spiro atoms. The number of anilines is 1. The lowest BCUT2D eigenvalue weighted by Crippen LogP contribution is -2.23. The van der Waals surface area contributed by atoms with Crippen LogP contribution in [0.2, 0.25) is 0 Å². The van der Waals surface area contributed by atoms with Crippen LogP contribution in [0.5, 0.6) is 0 Å². The minimum atomic E-state index is -0.726. The molecule has 1 aromatic heterocycles. The van der Waals surface area contributed by atoms with Crippen LogP contribution in [0.3, 0.4) is 0 Å². The van der Waals surface area contributed by atoms with Crippen molar-refractivity contribution in [3.8, 4) is 0 Å². The summed E-state index contributed by atoms with van der Waals surface area (Å²) >= 11 is 0. The molecule has 1 unspecified atom stereocenters. The van der Waals surface area contributed by atoms with Crippen molar-refractivity contribution in [3.63, 3.8) is 0 Å². The molecule has 1 N–H and O–H groups in total. The third-order valence-electron chi connectivity index (χ3n) is 2.41. The van der Waals surface area contributed by atoms with E-state index in [1.54, 1.807) is 18.6 Å². The number of hydrogen-bond donors (Lipinski definition) is 1. The van der Waals surface area contributed by atoms with Gasteiger partial charge >= 0.3 is 5.97 Å². The van der Waals surface area contributed by atoms with Crippen molar-refractivity contribution in [2.75, 3.05) is 18.0 Å². The minimum Gasteiger partial charge on any atom is -0.481 e. The fraction of sp³-hybridized carbons (Fsp3) is 0.444.